The van der Waals surface area contributed by atoms with Crippen molar-refractivity contribution in [1.82, 2.24) is 0 Å². The Hall–Kier alpha value is -3.35. The number of esters is 1. The molecule has 1 atom stereocenters. The number of nitrogens with one attached hydrogen (secondary N) is 2. The Morgan fingerprint density at radius 1 is 0.964 bits per heavy atom. The fourth-order valence-electron chi connectivity index (χ4n) is 2.39. The summed E-state index contributed by atoms with van der Waals surface area (Å²) in [6, 6.07) is 12.2. The Balaban J connectivity index is 1.83. The van der Waals surface area contributed by atoms with E-state index in [2.05, 4.69) is 10.6 Å². The van der Waals surface area contributed by atoms with Gasteiger partial charge in [-0.25, -0.2) is 4.79 Å². The lowest BCUT2D eigenvalue weighted by Crippen LogP contribution is -2.31. The molecule has 0 radical (unpaired) electrons. The lowest BCUT2D eigenvalue weighted by molar-refractivity contribution is -0.155. The Morgan fingerprint density at radius 3 is 2.18 bits per heavy atom. The summed E-state index contributed by atoms with van der Waals surface area (Å²) in [6.07, 6.45) is -0.982. The van der Waals surface area contributed by atoms with Gasteiger partial charge in [0.15, 0.2) is 12.7 Å². The van der Waals surface area contributed by atoms with Crippen LogP contribution in [0.15, 0.2) is 42.5 Å². The maximum atomic E-state index is 12.2. The highest BCUT2D eigenvalue weighted by molar-refractivity contribution is 5.95. The summed E-state index contributed by atoms with van der Waals surface area (Å²) in [4.78, 5) is 35.2. The van der Waals surface area contributed by atoms with Crippen molar-refractivity contribution >= 4 is 29.2 Å². The van der Waals surface area contributed by atoms with Crippen LogP contribution in [0.3, 0.4) is 0 Å². The van der Waals surface area contributed by atoms with Gasteiger partial charge in [0, 0.05) is 18.3 Å². The molecule has 0 aliphatic heterocycles. The highest BCUT2D eigenvalue weighted by Gasteiger charge is 2.18. The number of rotatable bonds is 7. The van der Waals surface area contributed by atoms with Crippen molar-refractivity contribution in [2.24, 2.45) is 0 Å². The molecule has 0 aliphatic rings. The molecule has 0 aromatic heterocycles. The lowest BCUT2D eigenvalue weighted by atomic mass is 10.1. The van der Waals surface area contributed by atoms with Gasteiger partial charge in [-0.15, -0.1) is 0 Å². The number of benzene rings is 2. The van der Waals surface area contributed by atoms with Crippen molar-refractivity contribution in [2.45, 2.75) is 33.8 Å². The summed E-state index contributed by atoms with van der Waals surface area (Å²) in [5, 5.41) is 5.28. The van der Waals surface area contributed by atoms with Crippen molar-refractivity contribution in [3.05, 3.63) is 53.6 Å². The van der Waals surface area contributed by atoms with Crippen LogP contribution in [-0.4, -0.2) is 30.5 Å². The molecule has 148 valence electrons. The van der Waals surface area contributed by atoms with Crippen LogP contribution in [0, 0.1) is 13.8 Å². The van der Waals surface area contributed by atoms with Crippen LogP contribution >= 0.6 is 0 Å². The summed E-state index contributed by atoms with van der Waals surface area (Å²) in [5.74, 6) is -0.675. The van der Waals surface area contributed by atoms with Crippen LogP contribution in [0.1, 0.15) is 25.0 Å². The molecule has 2 aromatic rings. The molecule has 0 heterocycles. The first-order valence-electron chi connectivity index (χ1n) is 8.83. The van der Waals surface area contributed by atoms with Gasteiger partial charge in [-0.2, -0.15) is 0 Å². The van der Waals surface area contributed by atoms with Crippen molar-refractivity contribution in [1.29, 1.82) is 0 Å². The van der Waals surface area contributed by atoms with E-state index in [0.29, 0.717) is 17.1 Å². The number of ether oxygens (including phenoxy) is 2. The summed E-state index contributed by atoms with van der Waals surface area (Å²) >= 11 is 0. The zero-order valence-electron chi connectivity index (χ0n) is 16.4. The monoisotopic (exact) mass is 384 g/mol. The van der Waals surface area contributed by atoms with Crippen molar-refractivity contribution in [3.8, 4) is 5.75 Å². The largest absolute Gasteiger partial charge is 0.482 e. The second-order valence-electron chi connectivity index (χ2n) is 6.37. The molecule has 28 heavy (non-hydrogen) atoms. The average Bonchev–Trinajstić information content (AvgIpc) is 2.64. The Morgan fingerprint density at radius 2 is 1.57 bits per heavy atom. The second kappa shape index (κ2) is 9.55. The van der Waals surface area contributed by atoms with Crippen molar-refractivity contribution in [2.75, 3.05) is 17.2 Å². The molecule has 0 saturated carbocycles. The summed E-state index contributed by atoms with van der Waals surface area (Å²) in [7, 11) is 0. The van der Waals surface area contributed by atoms with Crippen LogP contribution in [0.4, 0.5) is 11.4 Å². The fraction of sp³-hybridized carbons (Fsp3) is 0.286. The predicted molar refractivity (Wildman–Crippen MR) is 106 cm³/mol. The number of carbonyl (C=O) groups excluding carboxylic acids is 3. The standard InChI is InChI=1S/C21H24N2O5/c1-13-6-5-7-19(14(13)2)27-12-20(25)28-15(3)21(26)23-18-10-8-17(9-11-18)22-16(4)24/h5-11,15H,12H2,1-4H3,(H,22,24)(H,23,26)/t15-/m1/s1. The molecule has 0 spiro atoms. The van der Waals surface area contributed by atoms with Crippen LogP contribution in [0.25, 0.3) is 0 Å². The van der Waals surface area contributed by atoms with E-state index in [1.807, 2.05) is 26.0 Å². The third-order valence-corrected chi connectivity index (χ3v) is 4.05. The molecule has 7 heteroatoms. The van der Waals surface area contributed by atoms with E-state index in [-0.39, 0.29) is 12.5 Å². The molecule has 2 N–H and O–H groups in total. The minimum atomic E-state index is -0.982. The van der Waals surface area contributed by atoms with Crippen LogP contribution < -0.4 is 15.4 Å². The normalized spacial score (nSPS) is 11.3. The van der Waals surface area contributed by atoms with Crippen LogP contribution in [-0.2, 0) is 19.1 Å². The molecular weight excluding hydrogens is 360 g/mol. The SMILES string of the molecule is CC(=O)Nc1ccc(NC(=O)[C@@H](C)OC(=O)COc2cccc(C)c2C)cc1. The minimum absolute atomic E-state index is 0.180. The van der Waals surface area contributed by atoms with E-state index < -0.39 is 18.0 Å². The number of carbonyl (C=O) groups is 3. The lowest BCUT2D eigenvalue weighted by Gasteiger charge is -2.15. The maximum absolute atomic E-state index is 12.2. The Kier molecular flexibility index (Phi) is 7.14. The van der Waals surface area contributed by atoms with E-state index in [4.69, 9.17) is 9.47 Å². The summed E-state index contributed by atoms with van der Waals surface area (Å²) in [5.41, 5.74) is 3.15. The summed E-state index contributed by atoms with van der Waals surface area (Å²) in [6.45, 7) is 6.47. The predicted octanol–water partition coefficient (Wildman–Crippen LogP) is 3.21. The first-order chi connectivity index (χ1) is 13.3. The van der Waals surface area contributed by atoms with E-state index in [0.717, 1.165) is 11.1 Å². The highest BCUT2D eigenvalue weighted by atomic mass is 16.6. The Labute approximate surface area is 164 Å². The Bertz CT molecular complexity index is 862. The van der Waals surface area contributed by atoms with Crippen LogP contribution in [0.2, 0.25) is 0 Å². The van der Waals surface area contributed by atoms with Crippen molar-refractivity contribution in [3.63, 3.8) is 0 Å². The molecule has 0 bridgehead atoms. The number of amides is 2. The number of anilines is 2. The number of hydrogen-bond acceptors (Lipinski definition) is 5. The topological polar surface area (TPSA) is 93.7 Å². The number of aryl methyl sites for hydroxylation is 1. The number of hydrogen-bond donors (Lipinski definition) is 2. The van der Waals surface area contributed by atoms with Crippen LogP contribution in [0.5, 0.6) is 5.75 Å². The first kappa shape index (κ1) is 21.0. The highest BCUT2D eigenvalue weighted by Crippen LogP contribution is 2.20. The maximum Gasteiger partial charge on any atom is 0.344 e. The van der Waals surface area contributed by atoms with Gasteiger partial charge in [-0.3, -0.25) is 9.59 Å². The summed E-state index contributed by atoms with van der Waals surface area (Å²) < 4.78 is 10.6. The van der Waals surface area contributed by atoms with Gasteiger partial charge in [0.1, 0.15) is 5.75 Å². The van der Waals surface area contributed by atoms with Gasteiger partial charge in [-0.05, 0) is 62.2 Å². The van der Waals surface area contributed by atoms with E-state index in [1.165, 1.54) is 13.8 Å². The fourth-order valence-corrected chi connectivity index (χ4v) is 2.39. The van der Waals surface area contributed by atoms with E-state index in [1.54, 1.807) is 30.3 Å². The zero-order valence-corrected chi connectivity index (χ0v) is 16.4. The molecule has 2 aromatic carbocycles. The smallest absolute Gasteiger partial charge is 0.344 e. The van der Waals surface area contributed by atoms with E-state index >= 15 is 0 Å². The zero-order chi connectivity index (χ0) is 20.7. The molecule has 0 saturated heterocycles. The average molecular weight is 384 g/mol. The molecule has 0 unspecified atom stereocenters. The third-order valence-electron chi connectivity index (χ3n) is 4.05. The van der Waals surface area contributed by atoms with Gasteiger partial charge >= 0.3 is 5.97 Å². The quantitative estimate of drug-likeness (QED) is 0.715. The van der Waals surface area contributed by atoms with Gasteiger partial charge in [0.05, 0.1) is 0 Å². The van der Waals surface area contributed by atoms with Gasteiger partial charge in [0.2, 0.25) is 5.91 Å². The minimum Gasteiger partial charge on any atom is -0.482 e. The molecular formula is C21H24N2O5. The van der Waals surface area contributed by atoms with Crippen molar-refractivity contribution < 1.29 is 23.9 Å². The molecule has 0 fully saturated rings. The first-order valence-corrected chi connectivity index (χ1v) is 8.83. The molecule has 2 amide bonds. The molecule has 7 nitrogen and oxygen atoms in total. The molecule has 2 rings (SSSR count). The van der Waals surface area contributed by atoms with E-state index in [9.17, 15) is 14.4 Å². The van der Waals surface area contributed by atoms with Gasteiger partial charge in [-0.1, -0.05) is 12.1 Å². The molecule has 0 aliphatic carbocycles. The third kappa shape index (κ3) is 6.12. The van der Waals surface area contributed by atoms with Gasteiger partial charge in [0.25, 0.3) is 5.91 Å². The van der Waals surface area contributed by atoms with Gasteiger partial charge < -0.3 is 20.1 Å². The second-order valence-corrected chi connectivity index (χ2v) is 6.37.